The highest BCUT2D eigenvalue weighted by Crippen LogP contribution is 2.20. The summed E-state index contributed by atoms with van der Waals surface area (Å²) in [6, 6.07) is 5.75. The second kappa shape index (κ2) is 4.96. The van der Waals surface area contributed by atoms with Gasteiger partial charge in [0.05, 0.1) is 0 Å². The topological polar surface area (TPSA) is 17.1 Å². The Labute approximate surface area is 96.6 Å². The summed E-state index contributed by atoms with van der Waals surface area (Å²) < 4.78 is 0.989. The molecule has 0 heterocycles. The van der Waals surface area contributed by atoms with E-state index < -0.39 is 0 Å². The van der Waals surface area contributed by atoms with Crippen LogP contribution in [0.25, 0.3) is 0 Å². The highest BCUT2D eigenvalue weighted by molar-refractivity contribution is 14.1. The fraction of sp³-hybridized carbons (Fsp3) is 0.300. The zero-order valence-electron chi connectivity index (χ0n) is 7.31. The molecule has 0 fully saturated rings. The van der Waals surface area contributed by atoms with Gasteiger partial charge in [-0.2, -0.15) is 0 Å². The third-order valence-corrected chi connectivity index (χ3v) is 3.03. The molecule has 0 aromatic heterocycles. The van der Waals surface area contributed by atoms with E-state index in [0.29, 0.717) is 12.3 Å². The van der Waals surface area contributed by atoms with Crippen molar-refractivity contribution in [3.63, 3.8) is 0 Å². The van der Waals surface area contributed by atoms with E-state index in [-0.39, 0.29) is 5.78 Å². The monoisotopic (exact) mass is 308 g/mol. The summed E-state index contributed by atoms with van der Waals surface area (Å²) >= 11 is 7.92. The highest BCUT2D eigenvalue weighted by atomic mass is 127. The average Bonchev–Trinajstić information content (AvgIpc) is 2.16. The van der Waals surface area contributed by atoms with Crippen LogP contribution in [0.4, 0.5) is 0 Å². The van der Waals surface area contributed by atoms with Crippen molar-refractivity contribution in [2.75, 3.05) is 0 Å². The number of alkyl halides is 1. The number of ketones is 1. The summed E-state index contributed by atoms with van der Waals surface area (Å²) in [5.74, 6) is 0.568. The van der Waals surface area contributed by atoms with Crippen molar-refractivity contribution < 1.29 is 4.79 Å². The van der Waals surface area contributed by atoms with Crippen molar-refractivity contribution in [3.05, 3.63) is 32.9 Å². The van der Waals surface area contributed by atoms with Crippen LogP contribution in [0, 0.1) is 3.57 Å². The van der Waals surface area contributed by atoms with Gasteiger partial charge in [0.1, 0.15) is 0 Å². The first-order valence-corrected chi connectivity index (χ1v) is 5.68. The van der Waals surface area contributed by atoms with Crippen molar-refractivity contribution in [3.8, 4) is 0 Å². The van der Waals surface area contributed by atoms with E-state index in [2.05, 4.69) is 22.6 Å². The molecule has 0 radical (unpaired) electrons. The maximum absolute atomic E-state index is 11.6. The van der Waals surface area contributed by atoms with Gasteiger partial charge in [0.15, 0.2) is 5.78 Å². The van der Waals surface area contributed by atoms with Crippen molar-refractivity contribution in [1.29, 1.82) is 0 Å². The first kappa shape index (κ1) is 11.0. The predicted molar refractivity (Wildman–Crippen MR) is 63.3 cm³/mol. The Kier molecular flexibility index (Phi) is 4.19. The van der Waals surface area contributed by atoms with Gasteiger partial charge in [-0.25, -0.2) is 0 Å². The van der Waals surface area contributed by atoms with Crippen molar-refractivity contribution in [2.24, 2.45) is 0 Å². The summed E-state index contributed by atoms with van der Waals surface area (Å²) in [7, 11) is 0. The van der Waals surface area contributed by atoms with E-state index in [1.54, 1.807) is 0 Å². The molecule has 1 aromatic rings. The summed E-state index contributed by atoms with van der Waals surface area (Å²) in [6.07, 6.45) is 0.532. The SMILES string of the molecule is CCC(=O)c1c(I)cccc1CCl. The number of carbonyl (C=O) groups is 1. The van der Waals surface area contributed by atoms with E-state index in [4.69, 9.17) is 11.6 Å². The molecule has 1 aromatic carbocycles. The van der Waals surface area contributed by atoms with Gasteiger partial charge in [-0.05, 0) is 34.2 Å². The molecule has 3 heteroatoms. The Balaban J connectivity index is 3.22. The van der Waals surface area contributed by atoms with E-state index in [1.807, 2.05) is 25.1 Å². The molecule has 0 aliphatic carbocycles. The molecule has 0 aliphatic heterocycles. The lowest BCUT2D eigenvalue weighted by molar-refractivity contribution is 0.0986. The van der Waals surface area contributed by atoms with Crippen LogP contribution in [-0.2, 0) is 5.88 Å². The van der Waals surface area contributed by atoms with Crippen LogP contribution in [0.2, 0.25) is 0 Å². The molecular weight excluding hydrogens is 298 g/mol. The molecule has 0 saturated heterocycles. The predicted octanol–water partition coefficient (Wildman–Crippen LogP) is 3.62. The van der Waals surface area contributed by atoms with Crippen molar-refractivity contribution >= 4 is 40.0 Å². The molecule has 0 unspecified atom stereocenters. The van der Waals surface area contributed by atoms with Gasteiger partial charge < -0.3 is 0 Å². The van der Waals surface area contributed by atoms with Gasteiger partial charge in [-0.3, -0.25) is 4.79 Å². The van der Waals surface area contributed by atoms with Gasteiger partial charge in [-0.1, -0.05) is 19.1 Å². The van der Waals surface area contributed by atoms with Gasteiger partial charge >= 0.3 is 0 Å². The maximum atomic E-state index is 11.6. The lowest BCUT2D eigenvalue weighted by Gasteiger charge is -2.06. The lowest BCUT2D eigenvalue weighted by atomic mass is 10.0. The lowest BCUT2D eigenvalue weighted by Crippen LogP contribution is -2.03. The number of halogens is 2. The molecule has 0 atom stereocenters. The maximum Gasteiger partial charge on any atom is 0.163 e. The quantitative estimate of drug-likeness (QED) is 0.473. The zero-order chi connectivity index (χ0) is 9.84. The summed E-state index contributed by atoms with van der Waals surface area (Å²) in [6.45, 7) is 1.86. The number of carbonyl (C=O) groups excluding carboxylic acids is 1. The van der Waals surface area contributed by atoms with Gasteiger partial charge in [0.2, 0.25) is 0 Å². The Morgan fingerprint density at radius 1 is 1.54 bits per heavy atom. The average molecular weight is 309 g/mol. The van der Waals surface area contributed by atoms with Crippen LogP contribution >= 0.6 is 34.2 Å². The molecule has 0 spiro atoms. The fourth-order valence-corrected chi connectivity index (χ4v) is 2.25. The summed E-state index contributed by atoms with van der Waals surface area (Å²) in [5.41, 5.74) is 1.72. The van der Waals surface area contributed by atoms with E-state index in [0.717, 1.165) is 14.7 Å². The van der Waals surface area contributed by atoms with Crippen molar-refractivity contribution in [2.45, 2.75) is 19.2 Å². The van der Waals surface area contributed by atoms with Crippen molar-refractivity contribution in [1.82, 2.24) is 0 Å². The molecular formula is C10H10ClIO. The minimum Gasteiger partial charge on any atom is -0.294 e. The van der Waals surface area contributed by atoms with Gasteiger partial charge in [0, 0.05) is 21.4 Å². The molecule has 0 saturated carbocycles. The molecule has 1 nitrogen and oxygen atoms in total. The Hall–Kier alpha value is -0.0900. The van der Waals surface area contributed by atoms with E-state index in [9.17, 15) is 4.79 Å². The number of rotatable bonds is 3. The first-order chi connectivity index (χ1) is 6.20. The molecule has 0 amide bonds. The minimum atomic E-state index is 0.167. The second-order valence-corrected chi connectivity index (χ2v) is 4.11. The molecule has 0 N–H and O–H groups in total. The number of Topliss-reactive ketones (excluding diaryl/α,β-unsaturated/α-hetero) is 1. The Morgan fingerprint density at radius 2 is 2.23 bits per heavy atom. The third kappa shape index (κ3) is 2.44. The standard InChI is InChI=1S/C10H10ClIO/c1-2-9(13)10-7(6-11)4-3-5-8(10)12/h3-5H,2,6H2,1H3. The molecule has 1 rings (SSSR count). The van der Waals surface area contributed by atoms with Crippen LogP contribution in [0.3, 0.4) is 0 Å². The smallest absolute Gasteiger partial charge is 0.163 e. The first-order valence-electron chi connectivity index (χ1n) is 4.07. The molecule has 0 aliphatic rings. The van der Waals surface area contributed by atoms with Crippen LogP contribution in [0.1, 0.15) is 29.3 Å². The number of benzene rings is 1. The minimum absolute atomic E-state index is 0.167. The highest BCUT2D eigenvalue weighted by Gasteiger charge is 2.11. The summed E-state index contributed by atoms with van der Waals surface area (Å²) in [4.78, 5) is 11.6. The second-order valence-electron chi connectivity index (χ2n) is 2.68. The summed E-state index contributed by atoms with van der Waals surface area (Å²) in [5, 5.41) is 0. The Bertz CT molecular complexity index is 323. The Morgan fingerprint density at radius 3 is 2.77 bits per heavy atom. The number of hydrogen-bond donors (Lipinski definition) is 0. The van der Waals surface area contributed by atoms with E-state index in [1.165, 1.54) is 0 Å². The molecule has 70 valence electrons. The molecule has 0 bridgehead atoms. The van der Waals surface area contributed by atoms with Gasteiger partial charge in [0.25, 0.3) is 0 Å². The van der Waals surface area contributed by atoms with Crippen LogP contribution < -0.4 is 0 Å². The normalized spacial score (nSPS) is 10.1. The van der Waals surface area contributed by atoms with Crippen LogP contribution in [0.15, 0.2) is 18.2 Å². The number of hydrogen-bond acceptors (Lipinski definition) is 1. The van der Waals surface area contributed by atoms with E-state index >= 15 is 0 Å². The van der Waals surface area contributed by atoms with Crippen LogP contribution in [-0.4, -0.2) is 5.78 Å². The molecule has 13 heavy (non-hydrogen) atoms. The third-order valence-electron chi connectivity index (χ3n) is 1.84. The largest absolute Gasteiger partial charge is 0.294 e. The zero-order valence-corrected chi connectivity index (χ0v) is 10.2. The van der Waals surface area contributed by atoms with Crippen LogP contribution in [0.5, 0.6) is 0 Å². The fourth-order valence-electron chi connectivity index (χ4n) is 1.17. The van der Waals surface area contributed by atoms with Gasteiger partial charge in [-0.15, -0.1) is 11.6 Å².